The minimum atomic E-state index is -0.907. The predicted octanol–water partition coefficient (Wildman–Crippen LogP) is 1.74. The van der Waals surface area contributed by atoms with Gasteiger partial charge in [-0.3, -0.25) is 19.5 Å². The first-order valence-electron chi connectivity index (χ1n) is 8.60. The number of primary amides is 1. The second-order valence-electron chi connectivity index (χ2n) is 6.35. The second-order valence-corrected chi connectivity index (χ2v) is 7.46. The number of para-hydroxylation sites is 1. The van der Waals surface area contributed by atoms with Crippen LogP contribution in [0.4, 0.5) is 4.79 Å². The molecule has 1 aromatic carbocycles. The Bertz CT molecular complexity index is 881. The Labute approximate surface area is 161 Å². The molecule has 1 heterocycles. The van der Waals surface area contributed by atoms with Gasteiger partial charge in [-0.2, -0.15) is 0 Å². The molecular weight excluding hydrogens is 368 g/mol. The number of aromatic nitrogens is 2. The van der Waals surface area contributed by atoms with Gasteiger partial charge >= 0.3 is 6.03 Å². The van der Waals surface area contributed by atoms with Crippen LogP contribution in [0.1, 0.15) is 20.3 Å². The molecular formula is C18H24N4O4S. The summed E-state index contributed by atoms with van der Waals surface area (Å²) in [6, 6.07) is 6.17. The predicted molar refractivity (Wildman–Crippen MR) is 105 cm³/mol. The lowest BCUT2D eigenvalue weighted by atomic mass is 10.1. The zero-order chi connectivity index (χ0) is 20.0. The fourth-order valence-corrected chi connectivity index (χ4v) is 3.72. The lowest BCUT2D eigenvalue weighted by Gasteiger charge is -2.20. The molecule has 0 aliphatic heterocycles. The van der Waals surface area contributed by atoms with Gasteiger partial charge in [0.05, 0.1) is 16.2 Å². The first-order valence-corrected chi connectivity index (χ1v) is 9.48. The highest BCUT2D eigenvalue weighted by molar-refractivity contribution is 8.00. The molecule has 27 heavy (non-hydrogen) atoms. The van der Waals surface area contributed by atoms with E-state index < -0.39 is 17.2 Å². The molecule has 9 heteroatoms. The summed E-state index contributed by atoms with van der Waals surface area (Å²) in [7, 11) is 1.60. The minimum absolute atomic E-state index is 0.106. The van der Waals surface area contributed by atoms with Gasteiger partial charge in [-0.05, 0) is 24.5 Å². The van der Waals surface area contributed by atoms with Crippen LogP contribution >= 0.6 is 11.8 Å². The average Bonchev–Trinajstić information content (AvgIpc) is 2.61. The average molecular weight is 392 g/mol. The van der Waals surface area contributed by atoms with Crippen LogP contribution in [0.2, 0.25) is 0 Å². The lowest BCUT2D eigenvalue weighted by Crippen LogP contribution is -2.42. The van der Waals surface area contributed by atoms with E-state index in [0.29, 0.717) is 35.6 Å². The third-order valence-corrected chi connectivity index (χ3v) is 5.43. The van der Waals surface area contributed by atoms with Crippen molar-refractivity contribution in [2.45, 2.75) is 37.2 Å². The molecule has 0 bridgehead atoms. The van der Waals surface area contributed by atoms with Gasteiger partial charge in [-0.15, -0.1) is 0 Å². The SMILES string of the molecule is COCCCn1c(S[C@H](C(=O)NC(N)=O)C(C)C)nc2ccccc2c1=O. The summed E-state index contributed by atoms with van der Waals surface area (Å²) >= 11 is 1.15. The Balaban J connectivity index is 2.47. The fraction of sp³-hybridized carbons (Fsp3) is 0.444. The number of urea groups is 1. The molecule has 1 aromatic heterocycles. The zero-order valence-corrected chi connectivity index (χ0v) is 16.4. The number of amides is 3. The Morgan fingerprint density at radius 3 is 2.67 bits per heavy atom. The number of methoxy groups -OCH3 is 1. The molecule has 2 rings (SSSR count). The van der Waals surface area contributed by atoms with E-state index in [1.165, 1.54) is 0 Å². The van der Waals surface area contributed by atoms with E-state index in [0.717, 1.165) is 11.8 Å². The quantitative estimate of drug-likeness (QED) is 0.402. The van der Waals surface area contributed by atoms with Gasteiger partial charge in [0.2, 0.25) is 5.91 Å². The molecule has 3 N–H and O–H groups in total. The molecule has 0 aliphatic rings. The highest BCUT2D eigenvalue weighted by Gasteiger charge is 2.27. The fourth-order valence-electron chi connectivity index (χ4n) is 2.60. The second kappa shape index (κ2) is 9.52. The van der Waals surface area contributed by atoms with Crippen molar-refractivity contribution in [2.24, 2.45) is 11.7 Å². The number of carbonyl (C=O) groups is 2. The third kappa shape index (κ3) is 5.30. The van der Waals surface area contributed by atoms with E-state index in [4.69, 9.17) is 10.5 Å². The number of carbonyl (C=O) groups excluding carboxylic acids is 2. The molecule has 2 aromatic rings. The number of nitrogens with one attached hydrogen (secondary N) is 1. The Morgan fingerprint density at radius 2 is 2.04 bits per heavy atom. The van der Waals surface area contributed by atoms with Crippen LogP contribution < -0.4 is 16.6 Å². The van der Waals surface area contributed by atoms with Gasteiger partial charge in [0.25, 0.3) is 5.56 Å². The van der Waals surface area contributed by atoms with Crippen molar-refractivity contribution in [3.8, 4) is 0 Å². The number of fused-ring (bicyclic) bond motifs is 1. The summed E-state index contributed by atoms with van der Waals surface area (Å²) in [6.07, 6.45) is 0.629. The van der Waals surface area contributed by atoms with Crippen LogP contribution in [0.3, 0.4) is 0 Å². The summed E-state index contributed by atoms with van der Waals surface area (Å²) in [5, 5.41) is 2.43. The Kier molecular flexibility index (Phi) is 7.37. The Hall–Kier alpha value is -2.39. The molecule has 0 aliphatic carbocycles. The smallest absolute Gasteiger partial charge is 0.318 e. The van der Waals surface area contributed by atoms with E-state index in [2.05, 4.69) is 10.3 Å². The topological polar surface area (TPSA) is 116 Å². The zero-order valence-electron chi connectivity index (χ0n) is 15.6. The number of thioether (sulfide) groups is 1. The molecule has 0 saturated carbocycles. The van der Waals surface area contributed by atoms with Gasteiger partial charge in [0.15, 0.2) is 5.16 Å². The Morgan fingerprint density at radius 1 is 1.33 bits per heavy atom. The van der Waals surface area contributed by atoms with Crippen molar-refractivity contribution >= 4 is 34.6 Å². The van der Waals surface area contributed by atoms with Crippen molar-refractivity contribution < 1.29 is 14.3 Å². The van der Waals surface area contributed by atoms with Crippen LogP contribution in [-0.4, -0.2) is 40.5 Å². The standard InChI is InChI=1S/C18H24N4O4S/c1-11(2)14(15(23)21-17(19)25)27-18-20-13-8-5-4-7-12(13)16(24)22(18)9-6-10-26-3/h4-5,7-8,11,14H,6,9-10H2,1-3H3,(H3,19,21,23,25)/t14-/m0/s1. The maximum absolute atomic E-state index is 12.9. The van der Waals surface area contributed by atoms with E-state index in [1.54, 1.807) is 35.9 Å². The van der Waals surface area contributed by atoms with Crippen LogP contribution in [0.15, 0.2) is 34.2 Å². The maximum Gasteiger partial charge on any atom is 0.318 e. The lowest BCUT2D eigenvalue weighted by molar-refractivity contribution is -0.120. The van der Waals surface area contributed by atoms with Gasteiger partial charge in [-0.1, -0.05) is 37.7 Å². The number of nitrogens with zero attached hydrogens (tertiary/aromatic N) is 2. The molecule has 0 unspecified atom stereocenters. The van der Waals surface area contributed by atoms with Crippen LogP contribution in [0, 0.1) is 5.92 Å². The van der Waals surface area contributed by atoms with E-state index in [-0.39, 0.29) is 11.5 Å². The molecule has 8 nitrogen and oxygen atoms in total. The minimum Gasteiger partial charge on any atom is -0.385 e. The first kappa shape index (κ1) is 20.9. The normalized spacial score (nSPS) is 12.3. The first-order chi connectivity index (χ1) is 12.8. The van der Waals surface area contributed by atoms with Gasteiger partial charge in [-0.25, -0.2) is 9.78 Å². The molecule has 0 saturated heterocycles. The van der Waals surface area contributed by atoms with Crippen molar-refractivity contribution in [3.05, 3.63) is 34.6 Å². The van der Waals surface area contributed by atoms with Crippen LogP contribution in [0.5, 0.6) is 0 Å². The monoisotopic (exact) mass is 392 g/mol. The van der Waals surface area contributed by atoms with Crippen molar-refractivity contribution in [1.29, 1.82) is 0 Å². The van der Waals surface area contributed by atoms with E-state index in [1.807, 2.05) is 13.8 Å². The number of imide groups is 1. The number of nitrogens with two attached hydrogens (primary N) is 1. The third-order valence-electron chi connectivity index (χ3n) is 3.90. The molecule has 3 amide bonds. The molecule has 0 radical (unpaired) electrons. The summed E-state index contributed by atoms with van der Waals surface area (Å²) in [4.78, 5) is 40.9. The maximum atomic E-state index is 12.9. The molecule has 1 atom stereocenters. The summed E-state index contributed by atoms with van der Waals surface area (Å²) in [6.45, 7) is 4.62. The van der Waals surface area contributed by atoms with Crippen LogP contribution in [0.25, 0.3) is 10.9 Å². The summed E-state index contributed by atoms with van der Waals surface area (Å²) < 4.78 is 6.63. The van der Waals surface area contributed by atoms with Crippen molar-refractivity contribution in [3.63, 3.8) is 0 Å². The van der Waals surface area contributed by atoms with E-state index >= 15 is 0 Å². The number of hydrogen-bond donors (Lipinski definition) is 2. The number of rotatable bonds is 8. The van der Waals surface area contributed by atoms with Gasteiger partial charge in [0.1, 0.15) is 0 Å². The molecule has 146 valence electrons. The summed E-state index contributed by atoms with van der Waals surface area (Å²) in [5.74, 6) is -0.613. The number of hydrogen-bond acceptors (Lipinski definition) is 6. The van der Waals surface area contributed by atoms with Crippen LogP contribution in [-0.2, 0) is 16.1 Å². The highest BCUT2D eigenvalue weighted by atomic mass is 32.2. The van der Waals surface area contributed by atoms with Gasteiger partial charge < -0.3 is 10.5 Å². The van der Waals surface area contributed by atoms with Crippen molar-refractivity contribution in [1.82, 2.24) is 14.9 Å². The number of ether oxygens (including phenoxy) is 1. The number of benzene rings is 1. The van der Waals surface area contributed by atoms with Crippen molar-refractivity contribution in [2.75, 3.05) is 13.7 Å². The van der Waals surface area contributed by atoms with Gasteiger partial charge in [0, 0.05) is 20.3 Å². The highest BCUT2D eigenvalue weighted by Crippen LogP contribution is 2.27. The molecule has 0 spiro atoms. The molecule has 0 fully saturated rings. The largest absolute Gasteiger partial charge is 0.385 e. The summed E-state index contributed by atoms with van der Waals surface area (Å²) in [5.41, 5.74) is 5.46. The van der Waals surface area contributed by atoms with E-state index in [9.17, 15) is 14.4 Å².